The summed E-state index contributed by atoms with van der Waals surface area (Å²) in [5, 5.41) is 0.708. The second kappa shape index (κ2) is 12.1. The average Bonchev–Trinajstić information content (AvgIpc) is 2.87. The first-order chi connectivity index (χ1) is 17.3. The minimum Gasteiger partial charge on any atom is -0.492 e. The molecule has 1 unspecified atom stereocenters. The van der Waals surface area contributed by atoms with Crippen LogP contribution < -0.4 is 4.74 Å². The zero-order valence-electron chi connectivity index (χ0n) is 20.3. The van der Waals surface area contributed by atoms with E-state index in [1.165, 1.54) is 12.1 Å². The maximum Gasteiger partial charge on any atom is 0.419 e. The molecule has 2 aromatic carbocycles. The third kappa shape index (κ3) is 6.99. The highest BCUT2D eigenvalue weighted by molar-refractivity contribution is 6.30. The van der Waals surface area contributed by atoms with Gasteiger partial charge in [0.2, 0.25) is 0 Å². The summed E-state index contributed by atoms with van der Waals surface area (Å²) < 4.78 is 45.0. The number of halogens is 4. The molecule has 1 aromatic heterocycles. The van der Waals surface area contributed by atoms with E-state index in [0.717, 1.165) is 49.8 Å². The molecule has 1 fully saturated rings. The number of likely N-dealkylation sites (tertiary alicyclic amines) is 1. The van der Waals surface area contributed by atoms with E-state index in [1.54, 1.807) is 6.07 Å². The highest BCUT2D eigenvalue weighted by Gasteiger charge is 2.34. The van der Waals surface area contributed by atoms with E-state index in [-0.39, 0.29) is 18.4 Å². The van der Waals surface area contributed by atoms with Crippen molar-refractivity contribution in [3.63, 3.8) is 0 Å². The lowest BCUT2D eigenvalue weighted by atomic mass is 9.94. The maximum atomic E-state index is 13.2. The lowest BCUT2D eigenvalue weighted by Gasteiger charge is -2.36. The second-order valence-corrected chi connectivity index (χ2v) is 9.71. The van der Waals surface area contributed by atoms with Crippen molar-refractivity contribution in [2.45, 2.75) is 25.1 Å². The molecule has 0 saturated carbocycles. The number of rotatable bonds is 9. The molecule has 0 aliphatic carbocycles. The summed E-state index contributed by atoms with van der Waals surface area (Å²) in [5.41, 5.74) is 1.42. The van der Waals surface area contributed by atoms with E-state index in [0.29, 0.717) is 17.5 Å². The van der Waals surface area contributed by atoms with E-state index in [2.05, 4.69) is 40.0 Å². The molecule has 0 bridgehead atoms. The number of hydrogen-bond acceptors (Lipinski definition) is 4. The summed E-state index contributed by atoms with van der Waals surface area (Å²) in [6.45, 7) is 3.56. The number of nitrogens with zero attached hydrogens (tertiary/aromatic N) is 3. The number of pyridine rings is 1. The second-order valence-electron chi connectivity index (χ2n) is 9.28. The molecule has 0 amide bonds. The van der Waals surface area contributed by atoms with Crippen LogP contribution in [0.5, 0.6) is 5.75 Å². The molecular weight excluding hydrogens is 487 g/mol. The van der Waals surface area contributed by atoms with Gasteiger partial charge in [0.05, 0.1) is 17.3 Å². The van der Waals surface area contributed by atoms with Crippen molar-refractivity contribution >= 4 is 11.6 Å². The van der Waals surface area contributed by atoms with Crippen LogP contribution in [-0.2, 0) is 6.18 Å². The highest BCUT2D eigenvalue weighted by Crippen LogP contribution is 2.36. The Labute approximate surface area is 215 Å². The number of piperidine rings is 1. The fourth-order valence-electron chi connectivity index (χ4n) is 4.85. The summed E-state index contributed by atoms with van der Waals surface area (Å²) in [6, 6.07) is 19.3. The van der Waals surface area contributed by atoms with E-state index >= 15 is 0 Å². The summed E-state index contributed by atoms with van der Waals surface area (Å²) in [4.78, 5) is 9.23. The number of aromatic nitrogens is 1. The summed E-state index contributed by atoms with van der Waals surface area (Å²) in [6.07, 6.45) is -0.544. The predicted octanol–water partition coefficient (Wildman–Crippen LogP) is 6.57. The Morgan fingerprint density at radius 1 is 1.03 bits per heavy atom. The lowest BCUT2D eigenvalue weighted by molar-refractivity contribution is -0.139. The van der Waals surface area contributed by atoms with Crippen LogP contribution in [0.3, 0.4) is 0 Å². The van der Waals surface area contributed by atoms with Crippen molar-refractivity contribution in [1.82, 2.24) is 14.8 Å². The van der Waals surface area contributed by atoms with Gasteiger partial charge in [0.25, 0.3) is 0 Å². The molecule has 4 rings (SSSR count). The molecule has 1 aliphatic rings. The minimum atomic E-state index is -4.42. The van der Waals surface area contributed by atoms with Crippen LogP contribution in [0.15, 0.2) is 72.9 Å². The van der Waals surface area contributed by atoms with Gasteiger partial charge in [-0.05, 0) is 80.9 Å². The lowest BCUT2D eigenvalue weighted by Crippen LogP contribution is -2.40. The average molecular weight is 518 g/mol. The molecule has 3 aromatic rings. The van der Waals surface area contributed by atoms with Gasteiger partial charge in [0.1, 0.15) is 12.4 Å². The van der Waals surface area contributed by atoms with Crippen LogP contribution in [0.1, 0.15) is 35.7 Å². The zero-order chi connectivity index (χ0) is 25.5. The van der Waals surface area contributed by atoms with Crippen molar-refractivity contribution in [3.8, 4) is 5.75 Å². The quantitative estimate of drug-likeness (QED) is 0.321. The largest absolute Gasteiger partial charge is 0.492 e. The van der Waals surface area contributed by atoms with Crippen molar-refractivity contribution < 1.29 is 17.9 Å². The molecule has 1 atom stereocenters. The predicted molar refractivity (Wildman–Crippen MR) is 136 cm³/mol. The van der Waals surface area contributed by atoms with E-state index in [9.17, 15) is 13.2 Å². The van der Waals surface area contributed by atoms with Gasteiger partial charge in [-0.15, -0.1) is 0 Å². The highest BCUT2D eigenvalue weighted by atomic mass is 35.5. The SMILES string of the molecule is CN(CC1CCN(CCOc2ccccc2C(F)(F)F)CC1)C(c1ccc(Cl)cc1)c1ccccn1. The summed E-state index contributed by atoms with van der Waals surface area (Å²) in [5.74, 6) is 0.418. The molecule has 0 radical (unpaired) electrons. The topological polar surface area (TPSA) is 28.6 Å². The maximum absolute atomic E-state index is 13.2. The van der Waals surface area contributed by atoms with Gasteiger partial charge in [-0.3, -0.25) is 14.8 Å². The Kier molecular flexibility index (Phi) is 8.88. The van der Waals surface area contributed by atoms with Gasteiger partial charge in [0.15, 0.2) is 0 Å². The number of para-hydroxylation sites is 1. The Balaban J connectivity index is 1.29. The van der Waals surface area contributed by atoms with Crippen LogP contribution in [0, 0.1) is 5.92 Å². The minimum absolute atomic E-state index is 0.0311. The molecule has 2 heterocycles. The first kappa shape index (κ1) is 26.5. The molecule has 1 saturated heterocycles. The summed E-state index contributed by atoms with van der Waals surface area (Å²) in [7, 11) is 2.13. The first-order valence-electron chi connectivity index (χ1n) is 12.2. The standard InChI is InChI=1S/C28H31ClF3N3O/c1-34(27(25-7-4-5-15-33-25)22-9-11-23(29)12-10-22)20-21-13-16-35(17-14-21)18-19-36-26-8-3-2-6-24(26)28(30,31)32/h2-12,15,21,27H,13-14,16-20H2,1H3. The molecule has 0 N–H and O–H groups in total. The van der Waals surface area contributed by atoms with E-state index in [1.807, 2.05) is 30.5 Å². The van der Waals surface area contributed by atoms with Gasteiger partial charge >= 0.3 is 6.18 Å². The van der Waals surface area contributed by atoms with Crippen LogP contribution in [0.2, 0.25) is 5.02 Å². The molecule has 1 aliphatic heterocycles. The van der Waals surface area contributed by atoms with Gasteiger partial charge < -0.3 is 4.74 Å². The van der Waals surface area contributed by atoms with Gasteiger partial charge in [-0.1, -0.05) is 41.9 Å². The van der Waals surface area contributed by atoms with Crippen LogP contribution in [0.25, 0.3) is 0 Å². The van der Waals surface area contributed by atoms with Crippen molar-refractivity contribution in [3.05, 3.63) is 94.8 Å². The smallest absolute Gasteiger partial charge is 0.419 e. The third-order valence-electron chi connectivity index (χ3n) is 6.71. The van der Waals surface area contributed by atoms with E-state index < -0.39 is 11.7 Å². The number of hydrogen-bond donors (Lipinski definition) is 0. The molecule has 192 valence electrons. The number of ether oxygens (including phenoxy) is 1. The Morgan fingerprint density at radius 3 is 2.39 bits per heavy atom. The number of alkyl halides is 3. The van der Waals surface area contributed by atoms with Crippen molar-refractivity contribution in [2.75, 3.05) is 39.8 Å². The van der Waals surface area contributed by atoms with Gasteiger partial charge in [-0.25, -0.2) is 0 Å². The van der Waals surface area contributed by atoms with Gasteiger partial charge in [-0.2, -0.15) is 13.2 Å². The Morgan fingerprint density at radius 2 is 1.72 bits per heavy atom. The number of benzene rings is 2. The zero-order valence-corrected chi connectivity index (χ0v) is 21.1. The van der Waals surface area contributed by atoms with Crippen LogP contribution in [0.4, 0.5) is 13.2 Å². The Bertz CT molecular complexity index is 1090. The third-order valence-corrected chi connectivity index (χ3v) is 6.96. The fourth-order valence-corrected chi connectivity index (χ4v) is 4.98. The molecule has 8 heteroatoms. The molecule has 0 spiro atoms. The van der Waals surface area contributed by atoms with Crippen molar-refractivity contribution in [2.24, 2.45) is 5.92 Å². The molecule has 4 nitrogen and oxygen atoms in total. The van der Waals surface area contributed by atoms with E-state index in [4.69, 9.17) is 16.3 Å². The molecular formula is C28H31ClF3N3O. The fraction of sp³-hybridized carbons (Fsp3) is 0.393. The Hall–Kier alpha value is -2.61. The van der Waals surface area contributed by atoms with Gasteiger partial charge in [0, 0.05) is 24.3 Å². The van der Waals surface area contributed by atoms with Crippen LogP contribution in [-0.4, -0.2) is 54.6 Å². The van der Waals surface area contributed by atoms with Crippen LogP contribution >= 0.6 is 11.6 Å². The monoisotopic (exact) mass is 517 g/mol. The summed E-state index contributed by atoms with van der Waals surface area (Å²) >= 11 is 6.12. The van der Waals surface area contributed by atoms with Crippen molar-refractivity contribution in [1.29, 1.82) is 0 Å². The molecule has 36 heavy (non-hydrogen) atoms. The normalized spacial score (nSPS) is 16.3. The first-order valence-corrected chi connectivity index (χ1v) is 12.6.